The van der Waals surface area contributed by atoms with E-state index in [1.54, 1.807) is 12.1 Å². The van der Waals surface area contributed by atoms with Crippen LogP contribution in [0.1, 0.15) is 6.42 Å². The normalized spacial score (nSPS) is 19.2. The number of anilines is 1. The zero-order valence-corrected chi connectivity index (χ0v) is 12.8. The van der Waals surface area contributed by atoms with Crippen LogP contribution in [0, 0.1) is 0 Å². The topological polar surface area (TPSA) is 28.9 Å². The van der Waals surface area contributed by atoms with Gasteiger partial charge in [0, 0.05) is 18.7 Å². The van der Waals surface area contributed by atoms with E-state index >= 15 is 0 Å². The molecule has 2 N–H and O–H groups in total. The van der Waals surface area contributed by atoms with Gasteiger partial charge in [-0.2, -0.15) is 8.78 Å². The highest BCUT2D eigenvalue weighted by atomic mass is 32.1. The summed E-state index contributed by atoms with van der Waals surface area (Å²) in [7, 11) is 2.18. The van der Waals surface area contributed by atoms with Crippen LogP contribution in [-0.4, -0.2) is 49.9 Å². The van der Waals surface area contributed by atoms with Crippen molar-refractivity contribution in [2.24, 2.45) is 0 Å². The molecule has 1 aromatic rings. The highest BCUT2D eigenvalue weighted by Crippen LogP contribution is 2.18. The van der Waals surface area contributed by atoms with Gasteiger partial charge in [-0.3, -0.25) is 0 Å². The van der Waals surface area contributed by atoms with E-state index in [1.165, 1.54) is 17.0 Å². The van der Waals surface area contributed by atoms with E-state index in [2.05, 4.69) is 22.0 Å². The minimum absolute atomic E-state index is 0.140. The monoisotopic (exact) mass is 316 g/mol. The number of hydrogen-bond acceptors (Lipinski definition) is 2. The van der Waals surface area contributed by atoms with Crippen LogP contribution in [0.3, 0.4) is 0 Å². The molecule has 0 saturated carbocycles. The Hall–Kier alpha value is -1.47. The van der Waals surface area contributed by atoms with Gasteiger partial charge < -0.3 is 19.9 Å². The Morgan fingerprint density at radius 2 is 2.00 bits per heavy atom. The number of quaternary nitrogens is 1. The lowest BCUT2D eigenvalue weighted by atomic mass is 10.3. The van der Waals surface area contributed by atoms with Gasteiger partial charge in [0.15, 0.2) is 5.11 Å². The van der Waals surface area contributed by atoms with Crippen molar-refractivity contribution >= 4 is 23.0 Å². The van der Waals surface area contributed by atoms with Crippen molar-refractivity contribution in [2.75, 3.05) is 38.5 Å². The number of ether oxygens (including phenoxy) is 1. The second-order valence-corrected chi connectivity index (χ2v) is 5.52. The first kappa shape index (κ1) is 15.9. The minimum atomic E-state index is -2.80. The molecule has 1 saturated heterocycles. The van der Waals surface area contributed by atoms with Gasteiger partial charge in [-0.25, -0.2) is 0 Å². The molecule has 4 nitrogen and oxygen atoms in total. The molecule has 1 unspecified atom stereocenters. The third-order valence-electron chi connectivity index (χ3n) is 3.46. The van der Waals surface area contributed by atoms with Crippen molar-refractivity contribution in [2.45, 2.75) is 13.0 Å². The Balaban J connectivity index is 1.89. The Morgan fingerprint density at radius 1 is 1.29 bits per heavy atom. The van der Waals surface area contributed by atoms with Crippen molar-refractivity contribution in [3.8, 4) is 5.75 Å². The largest absolute Gasteiger partial charge is 0.435 e. The maximum atomic E-state index is 12.1. The smallest absolute Gasteiger partial charge is 0.387 e. The van der Waals surface area contributed by atoms with Crippen LogP contribution in [0.5, 0.6) is 5.75 Å². The Labute approximate surface area is 128 Å². The standard InChI is InChI=1S/C14H19F2N3OS/c1-18-7-2-8-19(10-9-18)14(21)17-11-3-5-12(6-4-11)20-13(15)16/h3-6,13H,2,7-10H2,1H3,(H,17,21)/p+1. The number of thiocarbonyl (C=S) groups is 1. The predicted molar refractivity (Wildman–Crippen MR) is 82.1 cm³/mol. The second-order valence-electron chi connectivity index (χ2n) is 5.13. The highest BCUT2D eigenvalue weighted by molar-refractivity contribution is 7.80. The summed E-state index contributed by atoms with van der Waals surface area (Å²) in [4.78, 5) is 3.66. The molecule has 21 heavy (non-hydrogen) atoms. The van der Waals surface area contributed by atoms with Crippen LogP contribution < -0.4 is 15.0 Å². The van der Waals surface area contributed by atoms with Crippen LogP contribution in [0.2, 0.25) is 0 Å². The second kappa shape index (κ2) is 7.51. The fraction of sp³-hybridized carbons (Fsp3) is 0.500. The summed E-state index contributed by atoms with van der Waals surface area (Å²) >= 11 is 5.41. The number of alkyl halides is 2. The van der Waals surface area contributed by atoms with Gasteiger partial charge in [0.05, 0.1) is 26.7 Å². The maximum absolute atomic E-state index is 12.1. The van der Waals surface area contributed by atoms with Crippen molar-refractivity contribution in [1.82, 2.24) is 4.90 Å². The first-order valence-corrected chi connectivity index (χ1v) is 7.37. The average Bonchev–Trinajstić information content (AvgIpc) is 2.65. The Morgan fingerprint density at radius 3 is 2.67 bits per heavy atom. The molecule has 0 spiro atoms. The molecular weight excluding hydrogens is 296 g/mol. The highest BCUT2D eigenvalue weighted by Gasteiger charge is 2.16. The molecule has 0 aromatic heterocycles. The summed E-state index contributed by atoms with van der Waals surface area (Å²) in [5.74, 6) is 0.140. The number of rotatable bonds is 3. The third-order valence-corrected chi connectivity index (χ3v) is 3.82. The van der Waals surface area contributed by atoms with Crippen LogP contribution >= 0.6 is 12.2 Å². The van der Waals surface area contributed by atoms with Gasteiger partial charge in [0.25, 0.3) is 0 Å². The summed E-state index contributed by atoms with van der Waals surface area (Å²) in [5, 5.41) is 3.81. The molecule has 1 aliphatic heterocycles. The van der Waals surface area contributed by atoms with Crippen LogP contribution in [0.25, 0.3) is 0 Å². The average molecular weight is 316 g/mol. The Kier molecular flexibility index (Phi) is 5.69. The first-order valence-electron chi connectivity index (χ1n) is 6.96. The van der Waals surface area contributed by atoms with Gasteiger partial charge in [-0.15, -0.1) is 0 Å². The van der Waals surface area contributed by atoms with E-state index in [-0.39, 0.29) is 5.75 Å². The molecule has 2 rings (SSSR count). The zero-order chi connectivity index (χ0) is 15.2. The number of nitrogens with zero attached hydrogens (tertiary/aromatic N) is 1. The fourth-order valence-corrected chi connectivity index (χ4v) is 2.56. The molecule has 1 fully saturated rings. The van der Waals surface area contributed by atoms with Gasteiger partial charge in [0.1, 0.15) is 5.75 Å². The molecule has 116 valence electrons. The number of hydrogen-bond donors (Lipinski definition) is 2. The molecule has 0 amide bonds. The number of benzene rings is 1. The fourth-order valence-electron chi connectivity index (χ4n) is 2.26. The first-order chi connectivity index (χ1) is 10.0. The van der Waals surface area contributed by atoms with Crippen LogP contribution in [-0.2, 0) is 0 Å². The van der Waals surface area contributed by atoms with E-state index in [4.69, 9.17) is 12.2 Å². The number of halogens is 2. The van der Waals surface area contributed by atoms with Gasteiger partial charge in [-0.1, -0.05) is 0 Å². The lowest BCUT2D eigenvalue weighted by molar-refractivity contribution is -0.877. The van der Waals surface area contributed by atoms with Crippen LogP contribution in [0.4, 0.5) is 14.5 Å². The molecule has 0 aliphatic carbocycles. The van der Waals surface area contributed by atoms with Crippen molar-refractivity contribution < 1.29 is 18.4 Å². The third kappa shape index (κ3) is 5.09. The maximum Gasteiger partial charge on any atom is 0.387 e. The van der Waals surface area contributed by atoms with Gasteiger partial charge >= 0.3 is 6.61 Å². The quantitative estimate of drug-likeness (QED) is 0.820. The lowest BCUT2D eigenvalue weighted by Crippen LogP contribution is -3.09. The molecule has 1 atom stereocenters. The number of nitrogens with one attached hydrogen (secondary N) is 2. The molecular formula is C14H20F2N3OS+. The SMILES string of the molecule is C[NH+]1CCCN(C(=S)Nc2ccc(OC(F)F)cc2)CC1. The van der Waals surface area contributed by atoms with E-state index in [0.29, 0.717) is 5.11 Å². The summed E-state index contributed by atoms with van der Waals surface area (Å²) in [6.07, 6.45) is 1.11. The zero-order valence-electron chi connectivity index (χ0n) is 11.9. The molecule has 0 radical (unpaired) electrons. The van der Waals surface area contributed by atoms with E-state index in [9.17, 15) is 8.78 Å². The van der Waals surface area contributed by atoms with Gasteiger partial charge in [-0.05, 0) is 36.5 Å². The molecule has 1 heterocycles. The predicted octanol–water partition coefficient (Wildman–Crippen LogP) is 1.21. The van der Waals surface area contributed by atoms with Crippen molar-refractivity contribution in [3.63, 3.8) is 0 Å². The summed E-state index contributed by atoms with van der Waals surface area (Å²) in [6, 6.07) is 6.35. The molecule has 1 aromatic carbocycles. The molecule has 1 aliphatic rings. The van der Waals surface area contributed by atoms with E-state index in [0.717, 1.165) is 38.3 Å². The minimum Gasteiger partial charge on any atom is -0.435 e. The summed E-state index contributed by atoms with van der Waals surface area (Å²) in [6.45, 7) is 1.27. The molecule has 0 bridgehead atoms. The number of likely N-dealkylation sites (N-methyl/N-ethyl adjacent to an activating group) is 1. The lowest BCUT2D eigenvalue weighted by Gasteiger charge is -2.23. The Bertz CT molecular complexity index is 470. The van der Waals surface area contributed by atoms with Crippen LogP contribution in [0.15, 0.2) is 24.3 Å². The van der Waals surface area contributed by atoms with E-state index in [1.807, 2.05) is 0 Å². The van der Waals surface area contributed by atoms with Crippen molar-refractivity contribution in [1.29, 1.82) is 0 Å². The molecule has 7 heteroatoms. The summed E-state index contributed by atoms with van der Waals surface area (Å²) < 4.78 is 28.5. The summed E-state index contributed by atoms with van der Waals surface area (Å²) in [5.41, 5.74) is 0.770. The van der Waals surface area contributed by atoms with Gasteiger partial charge in [0.2, 0.25) is 0 Å². The van der Waals surface area contributed by atoms with E-state index < -0.39 is 6.61 Å². The van der Waals surface area contributed by atoms with Crippen molar-refractivity contribution in [3.05, 3.63) is 24.3 Å².